The molecule has 2 aliphatic heterocycles. The van der Waals surface area contributed by atoms with Crippen LogP contribution in [0.2, 0.25) is 0 Å². The van der Waals surface area contributed by atoms with Crippen LogP contribution < -0.4 is 15.2 Å². The summed E-state index contributed by atoms with van der Waals surface area (Å²) >= 11 is 3.23. The van der Waals surface area contributed by atoms with Gasteiger partial charge in [0.1, 0.15) is 5.75 Å². The Morgan fingerprint density at radius 2 is 1.62 bits per heavy atom. The number of nitrogens with two attached hydrogens (primary N) is 1. The summed E-state index contributed by atoms with van der Waals surface area (Å²) in [5.41, 5.74) is 5.66. The topological polar surface area (TPSA) is 102 Å². The molecule has 7 nitrogen and oxygen atoms in total. The number of nitrogens with zero attached hydrogens (tertiary/aromatic N) is 1. The van der Waals surface area contributed by atoms with Crippen molar-refractivity contribution >= 4 is 31.9 Å². The first-order valence-corrected chi connectivity index (χ1v) is 15.8. The Morgan fingerprint density at radius 3 is 2.21 bits per heavy atom. The zero-order valence-corrected chi connectivity index (χ0v) is 24.0. The predicted octanol–water partition coefficient (Wildman–Crippen LogP) is 4.94. The van der Waals surface area contributed by atoms with Gasteiger partial charge in [-0.1, -0.05) is 40.9 Å². The van der Waals surface area contributed by atoms with Crippen LogP contribution in [-0.4, -0.2) is 50.0 Å². The van der Waals surface area contributed by atoms with Crippen molar-refractivity contribution in [2.45, 2.75) is 86.4 Å². The van der Waals surface area contributed by atoms with Gasteiger partial charge in [-0.05, 0) is 80.8 Å². The number of rotatable bonds is 9. The van der Waals surface area contributed by atoms with Crippen molar-refractivity contribution in [3.8, 4) is 5.75 Å². The second kappa shape index (κ2) is 11.4. The van der Waals surface area contributed by atoms with Crippen molar-refractivity contribution in [1.29, 1.82) is 0 Å². The number of carbonyl (C=O) groups excluding carboxylic acids is 1. The molecule has 2 bridgehead atoms. The van der Waals surface area contributed by atoms with Crippen LogP contribution in [0.1, 0.15) is 56.9 Å². The number of sulfonamides is 1. The normalized spacial score (nSPS) is 24.6. The summed E-state index contributed by atoms with van der Waals surface area (Å²) in [6.45, 7) is 0.558. The Hall–Kier alpha value is -2.08. The number of benzene rings is 2. The summed E-state index contributed by atoms with van der Waals surface area (Å²) in [6.07, 6.45) is 6.94. The van der Waals surface area contributed by atoms with E-state index in [4.69, 9.17) is 10.5 Å². The number of carbonyl (C=O) groups is 1. The van der Waals surface area contributed by atoms with E-state index in [1.165, 1.54) is 66.3 Å². The van der Waals surface area contributed by atoms with E-state index in [0.717, 1.165) is 12.8 Å². The van der Waals surface area contributed by atoms with Crippen LogP contribution in [0.3, 0.4) is 0 Å². The summed E-state index contributed by atoms with van der Waals surface area (Å²) in [5.74, 6) is -3.74. The molecule has 212 valence electrons. The molecule has 0 aromatic heterocycles. The number of fused-ring (bicyclic) bond motifs is 2. The third kappa shape index (κ3) is 6.16. The van der Waals surface area contributed by atoms with E-state index in [1.807, 2.05) is 0 Å². The summed E-state index contributed by atoms with van der Waals surface area (Å²) in [7, 11) is -4.48. The largest absolute Gasteiger partial charge is 0.493 e. The van der Waals surface area contributed by atoms with Gasteiger partial charge < -0.3 is 15.4 Å². The van der Waals surface area contributed by atoms with Crippen LogP contribution in [-0.2, 0) is 20.7 Å². The third-order valence-corrected chi connectivity index (χ3v) is 10.2. The van der Waals surface area contributed by atoms with Crippen LogP contribution in [0.15, 0.2) is 57.9 Å². The molecule has 2 saturated heterocycles. The molecule has 1 amide bonds. The van der Waals surface area contributed by atoms with Crippen molar-refractivity contribution in [1.82, 2.24) is 9.62 Å². The highest BCUT2D eigenvalue weighted by Crippen LogP contribution is 2.40. The van der Waals surface area contributed by atoms with Crippen LogP contribution in [0.4, 0.5) is 8.78 Å². The Morgan fingerprint density at radius 1 is 1.03 bits per heavy atom. The fraction of sp³-hybridized carbons (Fsp3) is 0.536. The molecule has 39 heavy (non-hydrogen) atoms. The van der Waals surface area contributed by atoms with Crippen LogP contribution in [0.25, 0.3) is 0 Å². The standard InChI is InChI=1S/C28H34BrF2N3O4S/c29-20-7-5-19(6-8-20)28(30,31)26(27(35)34-22-9-10-23(34)16-21(32)15-22)33-39(36,37)25-13-11-24(12-14-25)38-17-18-3-1-2-4-18/h5-8,11-14,18,21-23,26,33H,1-4,9-10,15-17,32H2/t21?,22?,23?,26-/m0/s1. The molecule has 1 aliphatic carbocycles. The van der Waals surface area contributed by atoms with Gasteiger partial charge in [-0.15, -0.1) is 0 Å². The monoisotopic (exact) mass is 625 g/mol. The number of alkyl halides is 2. The Labute approximate surface area is 236 Å². The summed E-state index contributed by atoms with van der Waals surface area (Å²) in [6, 6.07) is 7.92. The van der Waals surface area contributed by atoms with E-state index < -0.39 is 33.5 Å². The molecule has 2 heterocycles. The summed E-state index contributed by atoms with van der Waals surface area (Å²) in [4.78, 5) is 15.0. The van der Waals surface area contributed by atoms with E-state index in [0.29, 0.717) is 48.4 Å². The summed E-state index contributed by atoms with van der Waals surface area (Å²) < 4.78 is 67.3. The molecule has 0 spiro atoms. The molecular weight excluding hydrogens is 592 g/mol. The molecule has 3 N–H and O–H groups in total. The molecule has 2 unspecified atom stereocenters. The molecule has 2 aromatic rings. The van der Waals surface area contributed by atoms with Crippen LogP contribution in [0, 0.1) is 5.92 Å². The van der Waals surface area contributed by atoms with Crippen molar-refractivity contribution < 1.29 is 26.7 Å². The van der Waals surface area contributed by atoms with Crippen molar-refractivity contribution in [3.63, 3.8) is 0 Å². The summed E-state index contributed by atoms with van der Waals surface area (Å²) in [5, 5.41) is 0. The highest BCUT2D eigenvalue weighted by molar-refractivity contribution is 9.10. The molecule has 11 heteroatoms. The Kier molecular flexibility index (Phi) is 8.33. The average Bonchev–Trinajstić information content (AvgIpc) is 3.52. The number of hydrogen-bond acceptors (Lipinski definition) is 5. The Balaban J connectivity index is 1.40. The maximum absolute atomic E-state index is 16.0. The maximum atomic E-state index is 16.0. The minimum Gasteiger partial charge on any atom is -0.493 e. The first kappa shape index (κ1) is 28.4. The highest BCUT2D eigenvalue weighted by Gasteiger charge is 2.53. The lowest BCUT2D eigenvalue weighted by atomic mass is 9.95. The molecule has 2 aromatic carbocycles. The third-order valence-electron chi connectivity index (χ3n) is 8.23. The molecule has 1 saturated carbocycles. The van der Waals surface area contributed by atoms with Crippen molar-refractivity contribution in [2.24, 2.45) is 11.7 Å². The van der Waals surface area contributed by atoms with Gasteiger partial charge in [0.15, 0.2) is 6.04 Å². The average molecular weight is 627 g/mol. The molecule has 3 aliphatic rings. The molecule has 3 atom stereocenters. The lowest BCUT2D eigenvalue weighted by Gasteiger charge is -2.41. The number of nitrogens with one attached hydrogen (secondary N) is 1. The Bertz CT molecular complexity index is 1260. The number of ether oxygens (including phenoxy) is 1. The van der Waals surface area contributed by atoms with Crippen molar-refractivity contribution in [2.75, 3.05) is 6.61 Å². The number of piperidine rings is 1. The van der Waals surface area contributed by atoms with Crippen LogP contribution in [0.5, 0.6) is 5.75 Å². The maximum Gasteiger partial charge on any atom is 0.298 e. The number of halogens is 3. The predicted molar refractivity (Wildman–Crippen MR) is 147 cm³/mol. The van der Waals surface area contributed by atoms with Crippen molar-refractivity contribution in [3.05, 3.63) is 58.6 Å². The molecule has 3 fully saturated rings. The van der Waals surface area contributed by atoms with E-state index in [9.17, 15) is 13.2 Å². The fourth-order valence-corrected chi connectivity index (χ4v) is 7.63. The zero-order valence-electron chi connectivity index (χ0n) is 21.6. The highest BCUT2D eigenvalue weighted by atomic mass is 79.9. The SMILES string of the molecule is NC1CC2CCC(C1)N2C(=O)[C@H](NS(=O)(=O)c1ccc(OCC2CCCC2)cc1)C(F)(F)c1ccc(Br)cc1. The van der Waals surface area contributed by atoms with Gasteiger partial charge in [-0.25, -0.2) is 8.42 Å². The molecule has 0 radical (unpaired) electrons. The zero-order chi connectivity index (χ0) is 27.8. The number of hydrogen-bond donors (Lipinski definition) is 2. The first-order chi connectivity index (χ1) is 18.5. The molecular formula is C28H34BrF2N3O4S. The van der Waals surface area contributed by atoms with E-state index in [1.54, 1.807) is 0 Å². The number of amides is 1. The smallest absolute Gasteiger partial charge is 0.298 e. The lowest BCUT2D eigenvalue weighted by Crippen LogP contribution is -2.60. The van der Waals surface area contributed by atoms with Crippen LogP contribution >= 0.6 is 15.9 Å². The minimum absolute atomic E-state index is 0.108. The molecule has 5 rings (SSSR count). The second-order valence-corrected chi connectivity index (χ2v) is 13.6. The van der Waals surface area contributed by atoms with Gasteiger partial charge in [0.2, 0.25) is 15.9 Å². The van der Waals surface area contributed by atoms with E-state index in [-0.39, 0.29) is 23.0 Å². The van der Waals surface area contributed by atoms with E-state index >= 15 is 8.78 Å². The first-order valence-electron chi connectivity index (χ1n) is 13.5. The quantitative estimate of drug-likeness (QED) is 0.411. The van der Waals surface area contributed by atoms with Gasteiger partial charge in [0.05, 0.1) is 11.5 Å². The second-order valence-electron chi connectivity index (χ2n) is 11.0. The van der Waals surface area contributed by atoms with Gasteiger partial charge in [-0.3, -0.25) is 4.79 Å². The van der Waals surface area contributed by atoms with Gasteiger partial charge in [0.25, 0.3) is 5.92 Å². The lowest BCUT2D eigenvalue weighted by molar-refractivity contribution is -0.149. The van der Waals surface area contributed by atoms with Gasteiger partial charge in [0, 0.05) is 28.2 Å². The van der Waals surface area contributed by atoms with E-state index in [2.05, 4.69) is 20.7 Å². The van der Waals surface area contributed by atoms with Gasteiger partial charge >= 0.3 is 0 Å². The van der Waals surface area contributed by atoms with Gasteiger partial charge in [-0.2, -0.15) is 13.5 Å². The fourth-order valence-electron chi connectivity index (χ4n) is 6.18. The minimum atomic E-state index is -4.48.